The molecule has 0 saturated carbocycles. The van der Waals surface area contributed by atoms with Crippen LogP contribution in [0.15, 0.2) is 0 Å². The second-order valence-electron chi connectivity index (χ2n) is 12.4. The standard InChI is InChI=1S/C35H68O5.C2H6O2/c1-3-5-7-9-11-13-15-17-19-21-23-25-27-29-34(37)39-32-33(31-36)40-35(38)30-28-26-24-22-20-18-16-14-12-10-8-6-4-2;3-1-2-4/h33,36H,3-32H2,1-2H3;3-4H,1-2H2. The molecule has 0 saturated heterocycles. The molecule has 0 aromatic heterocycles. The van der Waals surface area contributed by atoms with E-state index in [4.69, 9.17) is 19.7 Å². The van der Waals surface area contributed by atoms with Gasteiger partial charge in [-0.15, -0.1) is 0 Å². The van der Waals surface area contributed by atoms with Crippen LogP contribution < -0.4 is 0 Å². The molecule has 0 spiro atoms. The molecule has 0 aliphatic carbocycles. The predicted molar refractivity (Wildman–Crippen MR) is 183 cm³/mol. The van der Waals surface area contributed by atoms with Crippen LogP contribution in [0.25, 0.3) is 0 Å². The fraction of sp³-hybridized carbons (Fsp3) is 0.946. The highest BCUT2D eigenvalue weighted by Gasteiger charge is 2.16. The lowest BCUT2D eigenvalue weighted by Crippen LogP contribution is -2.28. The number of esters is 2. The average molecular weight is 631 g/mol. The van der Waals surface area contributed by atoms with E-state index >= 15 is 0 Å². The number of ether oxygens (including phenoxy) is 2. The molecule has 3 N–H and O–H groups in total. The summed E-state index contributed by atoms with van der Waals surface area (Å²) < 4.78 is 10.6. The molecule has 0 aliphatic rings. The Balaban J connectivity index is 0. The summed E-state index contributed by atoms with van der Waals surface area (Å²) in [6.07, 6.45) is 32.9. The van der Waals surface area contributed by atoms with Crippen molar-refractivity contribution in [2.24, 2.45) is 0 Å². The summed E-state index contributed by atoms with van der Waals surface area (Å²) in [4.78, 5) is 24.1. The molecule has 7 heteroatoms. The Kier molecular flexibility index (Phi) is 40.7. The van der Waals surface area contributed by atoms with Gasteiger partial charge in [0, 0.05) is 12.8 Å². The maximum atomic E-state index is 12.1. The third-order valence-electron chi connectivity index (χ3n) is 8.00. The average Bonchev–Trinajstić information content (AvgIpc) is 3.03. The molecule has 0 aliphatic heterocycles. The molecular formula is C37H74O7. The lowest BCUT2D eigenvalue weighted by Gasteiger charge is -2.15. The fourth-order valence-corrected chi connectivity index (χ4v) is 5.20. The zero-order chi connectivity index (χ0) is 32.8. The largest absolute Gasteiger partial charge is 0.462 e. The van der Waals surface area contributed by atoms with Crippen LogP contribution in [0.1, 0.15) is 194 Å². The van der Waals surface area contributed by atoms with Gasteiger partial charge in [0.25, 0.3) is 0 Å². The third kappa shape index (κ3) is 38.8. The third-order valence-corrected chi connectivity index (χ3v) is 8.00. The highest BCUT2D eigenvalue weighted by atomic mass is 16.6. The van der Waals surface area contributed by atoms with E-state index in [0.29, 0.717) is 12.8 Å². The molecule has 0 heterocycles. The maximum Gasteiger partial charge on any atom is 0.306 e. The van der Waals surface area contributed by atoms with Crippen LogP contribution in [-0.4, -0.2) is 59.8 Å². The summed E-state index contributed by atoms with van der Waals surface area (Å²) in [5, 5.41) is 24.8. The highest BCUT2D eigenvalue weighted by molar-refractivity contribution is 5.70. The zero-order valence-corrected chi connectivity index (χ0v) is 29.2. The molecule has 1 atom stereocenters. The Hall–Kier alpha value is -1.18. The van der Waals surface area contributed by atoms with Gasteiger partial charge in [0.1, 0.15) is 6.61 Å². The van der Waals surface area contributed by atoms with Gasteiger partial charge in [0.05, 0.1) is 19.8 Å². The number of aliphatic hydroxyl groups is 3. The van der Waals surface area contributed by atoms with Crippen LogP contribution in [0.5, 0.6) is 0 Å². The smallest absolute Gasteiger partial charge is 0.306 e. The molecule has 44 heavy (non-hydrogen) atoms. The van der Waals surface area contributed by atoms with Crippen LogP contribution in [0, 0.1) is 0 Å². The van der Waals surface area contributed by atoms with E-state index in [-0.39, 0.29) is 38.4 Å². The number of aliphatic hydroxyl groups excluding tert-OH is 3. The van der Waals surface area contributed by atoms with E-state index in [1.807, 2.05) is 0 Å². The van der Waals surface area contributed by atoms with Crippen molar-refractivity contribution in [3.63, 3.8) is 0 Å². The topological polar surface area (TPSA) is 113 Å². The van der Waals surface area contributed by atoms with Crippen LogP contribution in [0.4, 0.5) is 0 Å². The number of hydrogen-bond donors (Lipinski definition) is 3. The molecule has 0 aromatic rings. The molecule has 0 fully saturated rings. The molecule has 1 unspecified atom stereocenters. The number of unbranched alkanes of at least 4 members (excludes halogenated alkanes) is 24. The molecule has 0 bridgehead atoms. The van der Waals surface area contributed by atoms with Gasteiger partial charge >= 0.3 is 11.9 Å². The zero-order valence-electron chi connectivity index (χ0n) is 29.2. The van der Waals surface area contributed by atoms with Crippen LogP contribution in [0.3, 0.4) is 0 Å². The Bertz CT molecular complexity index is 568. The Morgan fingerprint density at radius 3 is 1.05 bits per heavy atom. The van der Waals surface area contributed by atoms with Crippen molar-refractivity contribution in [2.45, 2.75) is 200 Å². The van der Waals surface area contributed by atoms with E-state index in [9.17, 15) is 14.7 Å². The summed E-state index contributed by atoms with van der Waals surface area (Å²) in [6.45, 7) is 3.89. The second-order valence-corrected chi connectivity index (χ2v) is 12.4. The molecular weight excluding hydrogens is 556 g/mol. The van der Waals surface area contributed by atoms with E-state index in [2.05, 4.69) is 13.8 Å². The van der Waals surface area contributed by atoms with Gasteiger partial charge in [0.15, 0.2) is 6.10 Å². The Morgan fingerprint density at radius 2 is 0.750 bits per heavy atom. The fourth-order valence-electron chi connectivity index (χ4n) is 5.20. The van der Waals surface area contributed by atoms with E-state index in [1.54, 1.807) is 0 Å². The van der Waals surface area contributed by atoms with Gasteiger partial charge < -0.3 is 24.8 Å². The minimum Gasteiger partial charge on any atom is -0.462 e. The van der Waals surface area contributed by atoms with E-state index in [0.717, 1.165) is 32.1 Å². The van der Waals surface area contributed by atoms with Gasteiger partial charge in [-0.05, 0) is 12.8 Å². The number of carbonyl (C=O) groups is 2. The Labute approximate surface area is 272 Å². The van der Waals surface area contributed by atoms with Gasteiger partial charge in [-0.2, -0.15) is 0 Å². The molecule has 0 rings (SSSR count). The molecule has 0 amide bonds. The maximum absolute atomic E-state index is 12.1. The van der Waals surface area contributed by atoms with Gasteiger partial charge in [0.2, 0.25) is 0 Å². The van der Waals surface area contributed by atoms with Crippen molar-refractivity contribution in [3.05, 3.63) is 0 Å². The van der Waals surface area contributed by atoms with Crippen molar-refractivity contribution in [3.8, 4) is 0 Å². The monoisotopic (exact) mass is 631 g/mol. The SMILES string of the molecule is CCCCCCCCCCCCCCCC(=O)OCC(CO)OC(=O)CCCCCCCCCCCCCCC.OCCO. The van der Waals surface area contributed by atoms with Crippen molar-refractivity contribution in [1.29, 1.82) is 0 Å². The minimum atomic E-state index is -0.759. The molecule has 0 radical (unpaired) electrons. The first kappa shape index (κ1) is 44.9. The number of rotatable bonds is 33. The van der Waals surface area contributed by atoms with Crippen molar-refractivity contribution in [2.75, 3.05) is 26.4 Å². The summed E-state index contributed by atoms with van der Waals surface area (Å²) in [5.74, 6) is -0.580. The summed E-state index contributed by atoms with van der Waals surface area (Å²) in [7, 11) is 0. The first-order valence-corrected chi connectivity index (χ1v) is 18.7. The van der Waals surface area contributed by atoms with E-state index < -0.39 is 6.10 Å². The van der Waals surface area contributed by atoms with Crippen molar-refractivity contribution >= 4 is 11.9 Å². The number of carbonyl (C=O) groups excluding carboxylic acids is 2. The lowest BCUT2D eigenvalue weighted by molar-refractivity contribution is -0.161. The lowest BCUT2D eigenvalue weighted by atomic mass is 10.0. The predicted octanol–water partition coefficient (Wildman–Crippen LogP) is 9.37. The molecule has 7 nitrogen and oxygen atoms in total. The quantitative estimate of drug-likeness (QED) is 0.0489. The first-order valence-electron chi connectivity index (χ1n) is 18.7. The van der Waals surface area contributed by atoms with E-state index in [1.165, 1.54) is 135 Å². The highest BCUT2D eigenvalue weighted by Crippen LogP contribution is 2.15. The minimum absolute atomic E-state index is 0.0574. The molecule has 264 valence electrons. The summed E-state index contributed by atoms with van der Waals surface area (Å²) in [5.41, 5.74) is 0. The van der Waals surface area contributed by atoms with Gasteiger partial charge in [-0.25, -0.2) is 0 Å². The Morgan fingerprint density at radius 1 is 0.455 bits per heavy atom. The van der Waals surface area contributed by atoms with Crippen LogP contribution >= 0.6 is 0 Å². The normalized spacial score (nSPS) is 11.6. The van der Waals surface area contributed by atoms with Crippen LogP contribution in [0.2, 0.25) is 0 Å². The number of hydrogen-bond acceptors (Lipinski definition) is 7. The summed E-state index contributed by atoms with van der Waals surface area (Å²) >= 11 is 0. The van der Waals surface area contributed by atoms with Gasteiger partial charge in [-0.1, -0.05) is 168 Å². The summed E-state index contributed by atoms with van der Waals surface area (Å²) in [6, 6.07) is 0. The van der Waals surface area contributed by atoms with Gasteiger partial charge in [-0.3, -0.25) is 9.59 Å². The van der Waals surface area contributed by atoms with Crippen molar-refractivity contribution in [1.82, 2.24) is 0 Å². The molecule has 0 aromatic carbocycles. The van der Waals surface area contributed by atoms with Crippen molar-refractivity contribution < 1.29 is 34.4 Å². The van der Waals surface area contributed by atoms with Crippen LogP contribution in [-0.2, 0) is 19.1 Å². The first-order chi connectivity index (χ1) is 21.5. The second kappa shape index (κ2) is 39.8.